The van der Waals surface area contributed by atoms with Gasteiger partial charge in [-0.3, -0.25) is 0 Å². The van der Waals surface area contributed by atoms with Crippen LogP contribution in [0.15, 0.2) is 0 Å². The molecule has 2 aliphatic carbocycles. The number of ether oxygens (including phenoxy) is 1. The third-order valence-electron chi connectivity index (χ3n) is 3.45. The van der Waals surface area contributed by atoms with E-state index in [2.05, 4.69) is 10.6 Å². The molecule has 19 heavy (non-hydrogen) atoms. The first kappa shape index (κ1) is 14.1. The molecule has 0 bridgehead atoms. The standard InChI is InChI=1S/C13H22N2O4/c16-12(17)11(10-4-5-10)15-13(18)14-6-1-7-19-8-9-2-3-9/h9-11H,1-8H2,(H,16,17)(H2,14,15,18). The highest BCUT2D eigenvalue weighted by Crippen LogP contribution is 2.32. The number of nitrogens with one attached hydrogen (secondary N) is 2. The van der Waals surface area contributed by atoms with Crippen LogP contribution < -0.4 is 10.6 Å². The van der Waals surface area contributed by atoms with Crippen LogP contribution in [0.25, 0.3) is 0 Å². The summed E-state index contributed by atoms with van der Waals surface area (Å²) in [6.45, 7) is 1.98. The molecule has 0 aliphatic heterocycles. The first-order valence-electron chi connectivity index (χ1n) is 7.01. The van der Waals surface area contributed by atoms with Gasteiger partial charge in [-0.05, 0) is 43.9 Å². The summed E-state index contributed by atoms with van der Waals surface area (Å²) in [5.41, 5.74) is 0. The van der Waals surface area contributed by atoms with Crippen molar-refractivity contribution < 1.29 is 19.4 Å². The fraction of sp³-hybridized carbons (Fsp3) is 0.846. The Hall–Kier alpha value is -1.30. The number of aliphatic carboxylic acids is 1. The zero-order valence-corrected chi connectivity index (χ0v) is 11.1. The van der Waals surface area contributed by atoms with Gasteiger partial charge in [0, 0.05) is 19.8 Å². The number of hydrogen-bond acceptors (Lipinski definition) is 3. The minimum Gasteiger partial charge on any atom is -0.480 e. The van der Waals surface area contributed by atoms with E-state index in [1.165, 1.54) is 12.8 Å². The lowest BCUT2D eigenvalue weighted by molar-refractivity contribution is -0.139. The summed E-state index contributed by atoms with van der Waals surface area (Å²) >= 11 is 0. The molecule has 3 N–H and O–H groups in total. The molecule has 2 saturated carbocycles. The molecule has 0 saturated heterocycles. The first-order valence-corrected chi connectivity index (χ1v) is 7.01. The van der Waals surface area contributed by atoms with Gasteiger partial charge in [-0.2, -0.15) is 0 Å². The predicted octanol–water partition coefficient (Wildman–Crippen LogP) is 0.965. The number of carbonyl (C=O) groups is 2. The molecule has 6 nitrogen and oxygen atoms in total. The third kappa shape index (κ3) is 5.46. The van der Waals surface area contributed by atoms with Crippen molar-refractivity contribution in [3.63, 3.8) is 0 Å². The fourth-order valence-corrected chi connectivity index (χ4v) is 1.91. The maximum Gasteiger partial charge on any atom is 0.326 e. The van der Waals surface area contributed by atoms with E-state index in [0.29, 0.717) is 13.2 Å². The zero-order valence-electron chi connectivity index (χ0n) is 11.1. The largest absolute Gasteiger partial charge is 0.480 e. The maximum atomic E-state index is 11.5. The molecule has 2 fully saturated rings. The number of carbonyl (C=O) groups excluding carboxylic acids is 1. The highest BCUT2D eigenvalue weighted by atomic mass is 16.5. The molecule has 0 heterocycles. The highest BCUT2D eigenvalue weighted by molar-refractivity contribution is 5.83. The van der Waals surface area contributed by atoms with Gasteiger partial charge in [-0.25, -0.2) is 9.59 Å². The lowest BCUT2D eigenvalue weighted by Gasteiger charge is -2.14. The number of carboxylic acids is 1. The number of rotatable bonds is 9. The van der Waals surface area contributed by atoms with Crippen LogP contribution in [0.3, 0.4) is 0 Å². The monoisotopic (exact) mass is 270 g/mol. The second-order valence-electron chi connectivity index (χ2n) is 5.43. The number of amides is 2. The summed E-state index contributed by atoms with van der Waals surface area (Å²) in [7, 11) is 0. The molecule has 6 heteroatoms. The van der Waals surface area contributed by atoms with Crippen LogP contribution in [0, 0.1) is 11.8 Å². The zero-order chi connectivity index (χ0) is 13.7. The maximum absolute atomic E-state index is 11.5. The van der Waals surface area contributed by atoms with Gasteiger partial charge in [0.15, 0.2) is 0 Å². The molecule has 2 rings (SSSR count). The van der Waals surface area contributed by atoms with Crippen LogP contribution in [0.1, 0.15) is 32.1 Å². The number of carboxylic acid groups (broad SMARTS) is 1. The Labute approximate surface area is 112 Å². The Balaban J connectivity index is 1.49. The van der Waals surface area contributed by atoms with Gasteiger partial charge in [0.1, 0.15) is 6.04 Å². The number of urea groups is 1. The van der Waals surface area contributed by atoms with E-state index in [1.807, 2.05) is 0 Å². The first-order chi connectivity index (χ1) is 9.16. The summed E-state index contributed by atoms with van der Waals surface area (Å²) in [5, 5.41) is 14.1. The van der Waals surface area contributed by atoms with Gasteiger partial charge in [-0.15, -0.1) is 0 Å². The molecule has 0 aromatic heterocycles. The van der Waals surface area contributed by atoms with E-state index in [-0.39, 0.29) is 5.92 Å². The van der Waals surface area contributed by atoms with Crippen molar-refractivity contribution in [2.75, 3.05) is 19.8 Å². The van der Waals surface area contributed by atoms with Crippen LogP contribution in [-0.2, 0) is 9.53 Å². The van der Waals surface area contributed by atoms with E-state index in [0.717, 1.165) is 31.8 Å². The van der Waals surface area contributed by atoms with Crippen molar-refractivity contribution in [2.24, 2.45) is 11.8 Å². The summed E-state index contributed by atoms with van der Waals surface area (Å²) in [6, 6.07) is -1.15. The quantitative estimate of drug-likeness (QED) is 0.545. The lowest BCUT2D eigenvalue weighted by Crippen LogP contribution is -2.47. The molecule has 2 amide bonds. The fourth-order valence-electron chi connectivity index (χ4n) is 1.91. The average molecular weight is 270 g/mol. The van der Waals surface area contributed by atoms with Gasteiger partial charge in [0.05, 0.1) is 0 Å². The van der Waals surface area contributed by atoms with Gasteiger partial charge in [0.25, 0.3) is 0 Å². The van der Waals surface area contributed by atoms with Crippen molar-refractivity contribution in [1.29, 1.82) is 0 Å². The van der Waals surface area contributed by atoms with Crippen LogP contribution in [-0.4, -0.2) is 42.9 Å². The normalized spacial score (nSPS) is 19.8. The minimum atomic E-state index is -0.953. The van der Waals surface area contributed by atoms with Crippen LogP contribution in [0.5, 0.6) is 0 Å². The summed E-state index contributed by atoms with van der Waals surface area (Å²) in [6.07, 6.45) is 5.07. The molecule has 1 atom stereocenters. The highest BCUT2D eigenvalue weighted by Gasteiger charge is 2.37. The van der Waals surface area contributed by atoms with Gasteiger partial charge >= 0.3 is 12.0 Å². The van der Waals surface area contributed by atoms with Crippen molar-refractivity contribution in [3.05, 3.63) is 0 Å². The van der Waals surface area contributed by atoms with E-state index in [9.17, 15) is 9.59 Å². The van der Waals surface area contributed by atoms with E-state index in [1.54, 1.807) is 0 Å². The van der Waals surface area contributed by atoms with Crippen LogP contribution in [0.4, 0.5) is 4.79 Å². The Morgan fingerprint density at radius 2 is 2.00 bits per heavy atom. The second kappa shape index (κ2) is 6.75. The lowest BCUT2D eigenvalue weighted by atomic mass is 10.2. The van der Waals surface area contributed by atoms with E-state index in [4.69, 9.17) is 9.84 Å². The molecular weight excluding hydrogens is 248 g/mol. The second-order valence-corrected chi connectivity index (χ2v) is 5.43. The summed E-state index contributed by atoms with van der Waals surface area (Å²) in [5.74, 6) is -0.0957. The number of hydrogen-bond donors (Lipinski definition) is 3. The Morgan fingerprint density at radius 1 is 1.26 bits per heavy atom. The van der Waals surface area contributed by atoms with Gasteiger partial charge < -0.3 is 20.5 Å². The molecule has 2 aliphatic rings. The molecule has 0 radical (unpaired) electrons. The van der Waals surface area contributed by atoms with Gasteiger partial charge in [0.2, 0.25) is 0 Å². The van der Waals surface area contributed by atoms with Crippen molar-refractivity contribution in [2.45, 2.75) is 38.1 Å². The third-order valence-corrected chi connectivity index (χ3v) is 3.45. The summed E-state index contributed by atoms with van der Waals surface area (Å²) in [4.78, 5) is 22.5. The van der Waals surface area contributed by atoms with Crippen molar-refractivity contribution in [3.8, 4) is 0 Å². The molecule has 0 spiro atoms. The summed E-state index contributed by atoms with van der Waals surface area (Å²) < 4.78 is 5.44. The van der Waals surface area contributed by atoms with E-state index >= 15 is 0 Å². The Kier molecular flexibility index (Phi) is 5.01. The van der Waals surface area contributed by atoms with Gasteiger partial charge in [-0.1, -0.05) is 0 Å². The smallest absolute Gasteiger partial charge is 0.326 e. The van der Waals surface area contributed by atoms with Crippen LogP contribution in [0.2, 0.25) is 0 Å². The SMILES string of the molecule is O=C(NCCCOCC1CC1)NC(C(=O)O)C1CC1. The molecule has 0 aromatic carbocycles. The minimum absolute atomic E-state index is 0.102. The topological polar surface area (TPSA) is 87.7 Å². The van der Waals surface area contributed by atoms with Crippen molar-refractivity contribution >= 4 is 12.0 Å². The Bertz CT molecular complexity index is 327. The molecular formula is C13H22N2O4. The Morgan fingerprint density at radius 3 is 2.58 bits per heavy atom. The van der Waals surface area contributed by atoms with E-state index < -0.39 is 18.0 Å². The van der Waals surface area contributed by atoms with Crippen molar-refractivity contribution in [1.82, 2.24) is 10.6 Å². The molecule has 0 aromatic rings. The molecule has 108 valence electrons. The average Bonchev–Trinajstić information content (AvgIpc) is 3.24. The predicted molar refractivity (Wildman–Crippen MR) is 68.8 cm³/mol. The molecule has 1 unspecified atom stereocenters. The van der Waals surface area contributed by atoms with Crippen LogP contribution >= 0.6 is 0 Å².